The van der Waals surface area contributed by atoms with Gasteiger partial charge in [-0.25, -0.2) is 0 Å². The highest BCUT2D eigenvalue weighted by Crippen LogP contribution is 2.11. The molecule has 0 N–H and O–H groups in total. The van der Waals surface area contributed by atoms with Gasteiger partial charge >= 0.3 is 0 Å². The van der Waals surface area contributed by atoms with Gasteiger partial charge in [-0.3, -0.25) is 0 Å². The van der Waals surface area contributed by atoms with Crippen LogP contribution in [-0.4, -0.2) is 44.1 Å². The Hall–Kier alpha value is 0.137. The van der Waals surface area contributed by atoms with Crippen LogP contribution in [0.2, 0.25) is 0 Å². The second kappa shape index (κ2) is 5.78. The lowest BCUT2D eigenvalue weighted by atomic mass is 10.1. The second-order valence-corrected chi connectivity index (χ2v) is 6.41. The molecule has 0 atom stereocenters. The lowest BCUT2D eigenvalue weighted by Gasteiger charge is -2.38. The van der Waals surface area contributed by atoms with Crippen LogP contribution < -0.4 is 0 Å². The number of nitrogens with zero attached hydrogens (tertiary/aromatic N) is 2. The summed E-state index contributed by atoms with van der Waals surface area (Å²) in [5.74, 6) is 0. The fourth-order valence-electron chi connectivity index (χ4n) is 1.45. The van der Waals surface area contributed by atoms with Crippen LogP contribution in [0, 0.1) is 0 Å². The van der Waals surface area contributed by atoms with Gasteiger partial charge in [0.2, 0.25) is 0 Å². The number of hydrogen-bond acceptors (Lipinski definition) is 2. The van der Waals surface area contributed by atoms with Crippen LogP contribution in [-0.2, 0) is 0 Å². The first-order valence-electron chi connectivity index (χ1n) is 5.43. The Morgan fingerprint density at radius 1 is 0.923 bits per heavy atom. The predicted octanol–water partition coefficient (Wildman–Crippen LogP) is 1.45. The third kappa shape index (κ3) is 4.79. The van der Waals surface area contributed by atoms with Crippen molar-refractivity contribution in [3.05, 3.63) is 0 Å². The molecule has 0 aromatic rings. The van der Waals surface area contributed by atoms with Crippen molar-refractivity contribution in [1.29, 1.82) is 0 Å². The second-order valence-electron chi connectivity index (χ2n) is 4.47. The lowest BCUT2D eigenvalue weighted by Crippen LogP contribution is -2.50. The largest absolute Gasteiger partial charge is 0.317 e. The van der Waals surface area contributed by atoms with Crippen LogP contribution in [0.1, 0.15) is 41.5 Å². The van der Waals surface area contributed by atoms with Gasteiger partial charge in [-0.1, -0.05) is 20.8 Å². The van der Waals surface area contributed by atoms with E-state index in [9.17, 15) is 0 Å². The maximum atomic E-state index is 2.64. The molecular formula is C10H26N2Si. The molecule has 0 heterocycles. The first-order chi connectivity index (χ1) is 5.95. The molecule has 2 nitrogen and oxygen atoms in total. The van der Waals surface area contributed by atoms with Gasteiger partial charge in [-0.2, -0.15) is 0 Å². The van der Waals surface area contributed by atoms with E-state index in [0.717, 1.165) is 0 Å². The highest BCUT2D eigenvalue weighted by molar-refractivity contribution is 6.28. The average molecular weight is 202 g/mol. The van der Waals surface area contributed by atoms with E-state index in [0.29, 0.717) is 5.54 Å². The molecule has 0 fully saturated rings. The summed E-state index contributed by atoms with van der Waals surface area (Å²) in [6.45, 7) is 17.3. The highest BCUT2D eigenvalue weighted by atomic mass is 28.2. The van der Waals surface area contributed by atoms with Crippen LogP contribution >= 0.6 is 0 Å². The Morgan fingerprint density at radius 2 is 1.38 bits per heavy atom. The van der Waals surface area contributed by atoms with Crippen molar-refractivity contribution in [3.8, 4) is 0 Å². The van der Waals surface area contributed by atoms with Gasteiger partial charge in [0, 0.05) is 5.54 Å². The summed E-state index contributed by atoms with van der Waals surface area (Å²) in [6.07, 6.45) is 0. The average Bonchev–Trinajstić information content (AvgIpc) is 2.04. The monoisotopic (exact) mass is 202 g/mol. The van der Waals surface area contributed by atoms with Crippen LogP contribution in [0.25, 0.3) is 0 Å². The molecule has 0 aliphatic carbocycles. The maximum absolute atomic E-state index is 2.64. The van der Waals surface area contributed by atoms with E-state index >= 15 is 0 Å². The first-order valence-corrected chi connectivity index (χ1v) is 6.69. The van der Waals surface area contributed by atoms with Crippen molar-refractivity contribution >= 4 is 9.84 Å². The first kappa shape index (κ1) is 13.1. The SMILES string of the molecule is CCN(CC)[SiH2]N(CC)C(C)(C)C. The summed E-state index contributed by atoms with van der Waals surface area (Å²) >= 11 is 0. The summed E-state index contributed by atoms with van der Waals surface area (Å²) in [6, 6.07) is 0. The van der Waals surface area contributed by atoms with E-state index in [1.165, 1.54) is 19.6 Å². The molecule has 0 spiro atoms. The van der Waals surface area contributed by atoms with Gasteiger partial charge in [0.05, 0.1) is 0 Å². The van der Waals surface area contributed by atoms with Crippen LogP contribution in [0.15, 0.2) is 0 Å². The zero-order valence-corrected chi connectivity index (χ0v) is 11.6. The maximum Gasteiger partial charge on any atom is 0.173 e. The lowest BCUT2D eigenvalue weighted by molar-refractivity contribution is 0.243. The summed E-state index contributed by atoms with van der Waals surface area (Å²) < 4.78 is 5.23. The molecule has 0 aliphatic rings. The van der Waals surface area contributed by atoms with Crippen molar-refractivity contribution in [3.63, 3.8) is 0 Å². The van der Waals surface area contributed by atoms with Gasteiger partial charge in [0.15, 0.2) is 9.84 Å². The molecule has 0 rings (SSSR count). The van der Waals surface area contributed by atoms with E-state index < -0.39 is 0 Å². The minimum absolute atomic E-state index is 0.198. The van der Waals surface area contributed by atoms with Gasteiger partial charge < -0.3 is 9.13 Å². The molecule has 0 aromatic carbocycles. The van der Waals surface area contributed by atoms with Crippen molar-refractivity contribution in [1.82, 2.24) is 9.13 Å². The fourth-order valence-corrected chi connectivity index (χ4v) is 2.96. The summed E-state index contributed by atoms with van der Waals surface area (Å²) in [5, 5.41) is 0. The molecule has 0 saturated carbocycles. The fraction of sp³-hybridized carbons (Fsp3) is 1.00. The Morgan fingerprint density at radius 3 is 1.62 bits per heavy atom. The van der Waals surface area contributed by atoms with E-state index in [1.807, 2.05) is 0 Å². The molecular weight excluding hydrogens is 176 g/mol. The zero-order valence-electron chi connectivity index (χ0n) is 10.2. The Kier molecular flexibility index (Phi) is 5.84. The van der Waals surface area contributed by atoms with Crippen molar-refractivity contribution < 1.29 is 0 Å². The van der Waals surface area contributed by atoms with Gasteiger partial charge in [-0.15, -0.1) is 0 Å². The molecule has 80 valence electrons. The minimum Gasteiger partial charge on any atom is -0.317 e. The summed E-state index contributed by atoms with van der Waals surface area (Å²) in [4.78, 5) is 0. The topological polar surface area (TPSA) is 6.48 Å². The highest BCUT2D eigenvalue weighted by Gasteiger charge is 2.20. The molecule has 0 unspecified atom stereocenters. The molecule has 0 bridgehead atoms. The van der Waals surface area contributed by atoms with Crippen LogP contribution in [0.3, 0.4) is 0 Å². The number of rotatable bonds is 5. The van der Waals surface area contributed by atoms with Crippen LogP contribution in [0.5, 0.6) is 0 Å². The molecule has 0 saturated heterocycles. The summed E-state index contributed by atoms with van der Waals surface area (Å²) in [7, 11) is -0.198. The molecule has 3 heteroatoms. The van der Waals surface area contributed by atoms with Crippen molar-refractivity contribution in [2.45, 2.75) is 47.1 Å². The van der Waals surface area contributed by atoms with Crippen molar-refractivity contribution in [2.75, 3.05) is 19.6 Å². The third-order valence-electron chi connectivity index (χ3n) is 2.60. The van der Waals surface area contributed by atoms with Crippen LogP contribution in [0.4, 0.5) is 0 Å². The Bertz CT molecular complexity index is 127. The quantitative estimate of drug-likeness (QED) is 0.623. The number of hydrogen-bond donors (Lipinski definition) is 0. The van der Waals surface area contributed by atoms with Gasteiger partial charge in [0.25, 0.3) is 0 Å². The normalized spacial score (nSPS) is 13.8. The van der Waals surface area contributed by atoms with Crippen molar-refractivity contribution in [2.24, 2.45) is 0 Å². The minimum atomic E-state index is -0.198. The van der Waals surface area contributed by atoms with Gasteiger partial charge in [-0.05, 0) is 40.4 Å². The molecule has 0 amide bonds. The molecule has 0 radical (unpaired) electrons. The van der Waals surface area contributed by atoms with E-state index in [1.54, 1.807) is 0 Å². The third-order valence-corrected chi connectivity index (χ3v) is 5.63. The smallest absolute Gasteiger partial charge is 0.173 e. The van der Waals surface area contributed by atoms with E-state index in [-0.39, 0.29) is 9.84 Å². The Labute approximate surface area is 86.3 Å². The summed E-state index contributed by atoms with van der Waals surface area (Å²) in [5.41, 5.74) is 0.351. The van der Waals surface area contributed by atoms with Gasteiger partial charge in [0.1, 0.15) is 0 Å². The van der Waals surface area contributed by atoms with E-state index in [4.69, 9.17) is 0 Å². The predicted molar refractivity (Wildman–Crippen MR) is 63.6 cm³/mol. The van der Waals surface area contributed by atoms with E-state index in [2.05, 4.69) is 50.7 Å². The standard InChI is InChI=1S/C10H26N2Si/c1-7-11(8-2)13-12(9-3)10(4,5)6/h7-9,13H2,1-6H3. The molecule has 0 aromatic heterocycles. The zero-order chi connectivity index (χ0) is 10.5. The Balaban J connectivity index is 4.11. The molecule has 0 aliphatic heterocycles. The molecule has 13 heavy (non-hydrogen) atoms.